The zero-order chi connectivity index (χ0) is 17.8. The van der Waals surface area contributed by atoms with Gasteiger partial charge >= 0.3 is 5.97 Å². The van der Waals surface area contributed by atoms with Crippen molar-refractivity contribution in [3.05, 3.63) is 64.0 Å². The molecule has 0 aliphatic heterocycles. The van der Waals surface area contributed by atoms with Crippen LogP contribution in [-0.4, -0.2) is 34.5 Å². The number of H-pyrrole nitrogens is 1. The number of benzene rings is 1. The summed E-state index contributed by atoms with van der Waals surface area (Å²) in [7, 11) is 1.32. The second-order valence-corrected chi connectivity index (χ2v) is 5.44. The molecule has 0 bridgehead atoms. The molecule has 0 atom stereocenters. The highest BCUT2D eigenvalue weighted by atomic mass is 16.6. The highest BCUT2D eigenvalue weighted by Crippen LogP contribution is 2.19. The van der Waals surface area contributed by atoms with E-state index in [9.17, 15) is 14.9 Å². The van der Waals surface area contributed by atoms with Gasteiger partial charge in [-0.1, -0.05) is 12.1 Å². The standard InChI is InChI=1S/C17H16N4O4/c1-25-17(22)15-9-12-8-13(10-19-16(12)20-15)18-6-5-11-3-2-4-14(7-11)21(23)24/h2-4,7-10,18H,5-6H2,1H3,(H,19,20). The number of aromatic nitrogens is 2. The topological polar surface area (TPSA) is 110 Å². The van der Waals surface area contributed by atoms with Gasteiger partial charge in [0, 0.05) is 24.1 Å². The average molecular weight is 340 g/mol. The van der Waals surface area contributed by atoms with Crippen molar-refractivity contribution < 1.29 is 14.5 Å². The molecule has 2 heterocycles. The van der Waals surface area contributed by atoms with E-state index in [1.807, 2.05) is 12.1 Å². The van der Waals surface area contributed by atoms with Crippen LogP contribution in [0.2, 0.25) is 0 Å². The molecular weight excluding hydrogens is 324 g/mol. The molecule has 8 heteroatoms. The second-order valence-electron chi connectivity index (χ2n) is 5.44. The van der Waals surface area contributed by atoms with Crippen LogP contribution in [0, 0.1) is 10.1 Å². The number of nitro benzene ring substituents is 1. The van der Waals surface area contributed by atoms with Crippen molar-refractivity contribution in [3.8, 4) is 0 Å². The molecule has 25 heavy (non-hydrogen) atoms. The molecule has 8 nitrogen and oxygen atoms in total. The lowest BCUT2D eigenvalue weighted by Crippen LogP contribution is -2.05. The Morgan fingerprint density at radius 3 is 2.96 bits per heavy atom. The van der Waals surface area contributed by atoms with Crippen molar-refractivity contribution in [1.82, 2.24) is 9.97 Å². The summed E-state index contributed by atoms with van der Waals surface area (Å²) in [4.78, 5) is 29.1. The summed E-state index contributed by atoms with van der Waals surface area (Å²) >= 11 is 0. The molecule has 0 aliphatic rings. The third kappa shape index (κ3) is 3.74. The first-order chi connectivity index (χ1) is 12.1. The number of anilines is 1. The van der Waals surface area contributed by atoms with Crippen molar-refractivity contribution in [2.24, 2.45) is 0 Å². The maximum atomic E-state index is 11.5. The summed E-state index contributed by atoms with van der Waals surface area (Å²) in [5, 5.41) is 14.8. The minimum Gasteiger partial charge on any atom is -0.464 e. The Labute approximate surface area is 143 Å². The Balaban J connectivity index is 1.66. The van der Waals surface area contributed by atoms with E-state index in [-0.39, 0.29) is 5.69 Å². The highest BCUT2D eigenvalue weighted by molar-refractivity contribution is 5.94. The number of methoxy groups -OCH3 is 1. The maximum Gasteiger partial charge on any atom is 0.354 e. The van der Waals surface area contributed by atoms with Gasteiger partial charge < -0.3 is 15.0 Å². The van der Waals surface area contributed by atoms with Crippen LogP contribution < -0.4 is 5.32 Å². The molecule has 0 radical (unpaired) electrons. The highest BCUT2D eigenvalue weighted by Gasteiger charge is 2.10. The number of pyridine rings is 1. The number of non-ortho nitro benzene ring substituents is 1. The molecule has 0 aliphatic carbocycles. The predicted molar refractivity (Wildman–Crippen MR) is 92.7 cm³/mol. The normalized spacial score (nSPS) is 10.6. The van der Waals surface area contributed by atoms with Gasteiger partial charge in [-0.2, -0.15) is 0 Å². The number of rotatable bonds is 6. The minimum absolute atomic E-state index is 0.0863. The number of carbonyl (C=O) groups excluding carboxylic acids is 1. The SMILES string of the molecule is COC(=O)c1cc2cc(NCCc3cccc([N+](=O)[O-])c3)cnc2[nH]1. The smallest absolute Gasteiger partial charge is 0.354 e. The second kappa shape index (κ2) is 7.00. The van der Waals surface area contributed by atoms with Gasteiger partial charge in [-0.05, 0) is 24.1 Å². The van der Waals surface area contributed by atoms with Gasteiger partial charge in [0.2, 0.25) is 0 Å². The monoisotopic (exact) mass is 340 g/mol. The van der Waals surface area contributed by atoms with E-state index in [4.69, 9.17) is 0 Å². The number of hydrogen-bond donors (Lipinski definition) is 2. The number of esters is 1. The van der Waals surface area contributed by atoms with E-state index in [0.717, 1.165) is 16.6 Å². The molecule has 0 fully saturated rings. The van der Waals surface area contributed by atoms with E-state index in [2.05, 4.69) is 20.0 Å². The fourth-order valence-electron chi connectivity index (χ4n) is 2.51. The molecule has 2 aromatic heterocycles. The third-order valence-corrected chi connectivity index (χ3v) is 3.74. The number of nitro groups is 1. The number of nitrogens with one attached hydrogen (secondary N) is 2. The molecule has 0 unspecified atom stereocenters. The van der Waals surface area contributed by atoms with Gasteiger partial charge in [-0.3, -0.25) is 10.1 Å². The van der Waals surface area contributed by atoms with Crippen molar-refractivity contribution >= 4 is 28.4 Å². The quantitative estimate of drug-likeness (QED) is 0.405. The van der Waals surface area contributed by atoms with Crippen LogP contribution >= 0.6 is 0 Å². The molecule has 3 rings (SSSR count). The number of ether oxygens (including phenoxy) is 1. The van der Waals surface area contributed by atoms with Crippen LogP contribution in [0.5, 0.6) is 0 Å². The molecule has 0 saturated heterocycles. The lowest BCUT2D eigenvalue weighted by Gasteiger charge is -2.06. The zero-order valence-corrected chi connectivity index (χ0v) is 13.5. The van der Waals surface area contributed by atoms with Crippen LogP contribution in [0.4, 0.5) is 11.4 Å². The molecule has 0 saturated carbocycles. The number of hydrogen-bond acceptors (Lipinski definition) is 6. The van der Waals surface area contributed by atoms with E-state index >= 15 is 0 Å². The molecule has 3 aromatic rings. The largest absolute Gasteiger partial charge is 0.464 e. The molecule has 0 amide bonds. The van der Waals surface area contributed by atoms with Crippen LogP contribution in [0.1, 0.15) is 16.1 Å². The molecule has 0 spiro atoms. The number of nitrogens with zero attached hydrogens (tertiary/aromatic N) is 2. The van der Waals surface area contributed by atoms with Gasteiger partial charge in [0.15, 0.2) is 0 Å². The summed E-state index contributed by atoms with van der Waals surface area (Å²) in [5.74, 6) is -0.446. The Morgan fingerprint density at radius 1 is 1.36 bits per heavy atom. The summed E-state index contributed by atoms with van der Waals surface area (Å²) in [6, 6.07) is 10.1. The summed E-state index contributed by atoms with van der Waals surface area (Å²) in [6.45, 7) is 0.600. The van der Waals surface area contributed by atoms with Gasteiger partial charge in [-0.15, -0.1) is 0 Å². The van der Waals surface area contributed by atoms with Crippen LogP contribution in [0.15, 0.2) is 42.6 Å². The van der Waals surface area contributed by atoms with E-state index in [0.29, 0.717) is 24.3 Å². The zero-order valence-electron chi connectivity index (χ0n) is 13.5. The van der Waals surface area contributed by atoms with Gasteiger partial charge in [0.1, 0.15) is 11.3 Å². The number of carbonyl (C=O) groups is 1. The van der Waals surface area contributed by atoms with Crippen molar-refractivity contribution in [2.75, 3.05) is 19.0 Å². The fourth-order valence-corrected chi connectivity index (χ4v) is 2.51. The number of fused-ring (bicyclic) bond motifs is 1. The van der Waals surface area contributed by atoms with Gasteiger partial charge in [0.05, 0.1) is 23.9 Å². The van der Waals surface area contributed by atoms with E-state index in [1.54, 1.807) is 24.4 Å². The first-order valence-corrected chi connectivity index (χ1v) is 7.61. The summed E-state index contributed by atoms with van der Waals surface area (Å²) < 4.78 is 4.67. The lowest BCUT2D eigenvalue weighted by molar-refractivity contribution is -0.384. The maximum absolute atomic E-state index is 11.5. The van der Waals surface area contributed by atoms with Crippen molar-refractivity contribution in [3.63, 3.8) is 0 Å². The van der Waals surface area contributed by atoms with Crippen molar-refractivity contribution in [2.45, 2.75) is 6.42 Å². The Bertz CT molecular complexity index is 935. The third-order valence-electron chi connectivity index (χ3n) is 3.74. The molecule has 1 aromatic carbocycles. The molecule has 128 valence electrons. The lowest BCUT2D eigenvalue weighted by atomic mass is 10.1. The molecule has 2 N–H and O–H groups in total. The minimum atomic E-state index is -0.446. The van der Waals surface area contributed by atoms with Crippen molar-refractivity contribution in [1.29, 1.82) is 0 Å². The van der Waals surface area contributed by atoms with Crippen LogP contribution in [0.25, 0.3) is 11.0 Å². The average Bonchev–Trinajstić information content (AvgIpc) is 3.04. The first-order valence-electron chi connectivity index (χ1n) is 7.61. The van der Waals surface area contributed by atoms with E-state index < -0.39 is 10.9 Å². The Hall–Kier alpha value is -3.42. The molecular formula is C17H16N4O4. The predicted octanol–water partition coefficient (Wildman–Crippen LogP) is 2.91. The first kappa shape index (κ1) is 16.4. The Morgan fingerprint density at radius 2 is 2.20 bits per heavy atom. The van der Waals surface area contributed by atoms with Crippen LogP contribution in [-0.2, 0) is 11.2 Å². The van der Waals surface area contributed by atoms with Crippen LogP contribution in [0.3, 0.4) is 0 Å². The Kier molecular flexibility index (Phi) is 4.60. The van der Waals surface area contributed by atoms with Gasteiger partial charge in [0.25, 0.3) is 5.69 Å². The number of aromatic amines is 1. The fraction of sp³-hybridized carbons (Fsp3) is 0.176. The summed E-state index contributed by atoms with van der Waals surface area (Å²) in [5.41, 5.74) is 2.71. The summed E-state index contributed by atoms with van der Waals surface area (Å²) in [6.07, 6.45) is 2.30. The van der Waals surface area contributed by atoms with E-state index in [1.165, 1.54) is 13.2 Å². The van der Waals surface area contributed by atoms with Gasteiger partial charge in [-0.25, -0.2) is 9.78 Å².